The van der Waals surface area contributed by atoms with E-state index in [4.69, 9.17) is 4.42 Å². The van der Waals surface area contributed by atoms with Crippen molar-refractivity contribution >= 4 is 79.2 Å². The number of hydrogen-bond donors (Lipinski definition) is 0. The summed E-state index contributed by atoms with van der Waals surface area (Å²) in [6.45, 7) is 31.4. The second-order valence-electron chi connectivity index (χ2n) is 22.9. The van der Waals surface area contributed by atoms with Gasteiger partial charge in [-0.25, -0.2) is 0 Å². The number of furan rings is 1. The first-order valence-corrected chi connectivity index (χ1v) is 22.8. The molecule has 0 amide bonds. The lowest BCUT2D eigenvalue weighted by atomic mass is 9.33. The van der Waals surface area contributed by atoms with Crippen LogP contribution >= 0.6 is 0 Å². The van der Waals surface area contributed by atoms with Crippen molar-refractivity contribution < 1.29 is 4.42 Å². The molecule has 0 radical (unpaired) electrons. The van der Waals surface area contributed by atoms with Gasteiger partial charge in [0, 0.05) is 39.2 Å². The SMILES string of the molecule is Cc1cc2c3c(c1)N(c1cccc4c1oc1ccccc14)c1cc4c(cc1B3c1ccc(C(C)(C)C)cc1N2c1cc2c(cc1C)C(C)(C)CC2(C)C)C(C)(C)CCC4(C)C. The zero-order valence-electron chi connectivity index (χ0n) is 38.7. The van der Waals surface area contributed by atoms with Crippen LogP contribution in [0.3, 0.4) is 0 Å². The molecule has 11 rings (SSSR count). The van der Waals surface area contributed by atoms with Crippen LogP contribution in [0.25, 0.3) is 21.9 Å². The second-order valence-corrected chi connectivity index (χ2v) is 22.9. The van der Waals surface area contributed by atoms with Crippen molar-refractivity contribution in [3.63, 3.8) is 0 Å². The highest BCUT2D eigenvalue weighted by Crippen LogP contribution is 2.55. The Kier molecular flexibility index (Phi) is 7.76. The number of rotatable bonds is 2. The van der Waals surface area contributed by atoms with Gasteiger partial charge in [-0.05, 0) is 158 Å². The standard InChI is InChI=1S/C57H61BN2O/c1-33-25-48-51-49(26-33)60(45-30-41-38(27-34(45)2)56(10,11)32-57(41,12)13)46-28-35(53(3,4)5)21-22-42(46)58(51)43-29-39-40(55(8,9)24-23-54(39,6)7)31-47(43)59(48)44-19-16-18-37-36-17-14-15-20-50(36)61-52(37)44/h14-22,25-31H,23-24,32H2,1-13H3. The third-order valence-electron chi connectivity index (χ3n) is 15.6. The van der Waals surface area contributed by atoms with Gasteiger partial charge < -0.3 is 14.2 Å². The Balaban J connectivity index is 1.28. The first-order valence-electron chi connectivity index (χ1n) is 22.8. The molecule has 4 aliphatic rings. The highest BCUT2D eigenvalue weighted by molar-refractivity contribution is 7.00. The predicted molar refractivity (Wildman–Crippen MR) is 262 cm³/mol. The molecule has 3 heterocycles. The highest BCUT2D eigenvalue weighted by atomic mass is 16.3. The summed E-state index contributed by atoms with van der Waals surface area (Å²) in [6.07, 6.45) is 3.47. The lowest BCUT2D eigenvalue weighted by Crippen LogP contribution is -2.62. The Morgan fingerprint density at radius 2 is 1.10 bits per heavy atom. The fourth-order valence-electron chi connectivity index (χ4n) is 12.4. The van der Waals surface area contributed by atoms with E-state index >= 15 is 0 Å². The Hall–Kier alpha value is -5.22. The van der Waals surface area contributed by atoms with E-state index in [2.05, 4.69) is 197 Å². The fraction of sp³-hybridized carbons (Fsp3) is 0.368. The van der Waals surface area contributed by atoms with Gasteiger partial charge in [-0.15, -0.1) is 0 Å². The average molecular weight is 801 g/mol. The quantitative estimate of drug-likeness (QED) is 0.162. The van der Waals surface area contributed by atoms with Crippen molar-refractivity contribution in [3.05, 3.63) is 136 Å². The molecule has 61 heavy (non-hydrogen) atoms. The fourth-order valence-corrected chi connectivity index (χ4v) is 12.4. The molecule has 1 aromatic heterocycles. The molecule has 2 aliphatic heterocycles. The largest absolute Gasteiger partial charge is 0.454 e. The maximum absolute atomic E-state index is 6.92. The van der Waals surface area contributed by atoms with Crippen molar-refractivity contribution in [2.45, 2.75) is 136 Å². The summed E-state index contributed by atoms with van der Waals surface area (Å²) in [7, 11) is 0. The molecule has 7 aromatic rings. The molecule has 0 saturated heterocycles. The van der Waals surface area contributed by atoms with Gasteiger partial charge in [0.1, 0.15) is 5.58 Å². The number of anilines is 6. The van der Waals surface area contributed by atoms with Crippen LogP contribution in [0.1, 0.15) is 134 Å². The second kappa shape index (κ2) is 12.2. The molecule has 0 atom stereocenters. The van der Waals surface area contributed by atoms with Gasteiger partial charge in [-0.3, -0.25) is 0 Å². The van der Waals surface area contributed by atoms with Gasteiger partial charge >= 0.3 is 0 Å². The number of aryl methyl sites for hydroxylation is 2. The van der Waals surface area contributed by atoms with E-state index in [9.17, 15) is 0 Å². The summed E-state index contributed by atoms with van der Waals surface area (Å²) in [4.78, 5) is 5.26. The van der Waals surface area contributed by atoms with E-state index in [1.165, 1.54) is 90.2 Å². The molecule has 0 unspecified atom stereocenters. The monoisotopic (exact) mass is 800 g/mol. The molecule has 0 spiro atoms. The molecule has 0 saturated carbocycles. The Morgan fingerprint density at radius 1 is 0.525 bits per heavy atom. The zero-order chi connectivity index (χ0) is 42.9. The highest BCUT2D eigenvalue weighted by Gasteiger charge is 2.48. The summed E-state index contributed by atoms with van der Waals surface area (Å²) in [5.74, 6) is 0. The van der Waals surface area contributed by atoms with Crippen LogP contribution in [0.5, 0.6) is 0 Å². The number of benzene rings is 6. The predicted octanol–water partition coefficient (Wildman–Crippen LogP) is 13.9. The van der Waals surface area contributed by atoms with E-state index in [-0.39, 0.29) is 33.8 Å². The molecule has 6 aromatic carbocycles. The third kappa shape index (κ3) is 5.42. The topological polar surface area (TPSA) is 19.6 Å². The zero-order valence-corrected chi connectivity index (χ0v) is 38.7. The van der Waals surface area contributed by atoms with Crippen LogP contribution < -0.4 is 26.2 Å². The lowest BCUT2D eigenvalue weighted by Gasteiger charge is -2.47. The molecule has 308 valence electrons. The van der Waals surface area contributed by atoms with Gasteiger partial charge in [-0.2, -0.15) is 0 Å². The van der Waals surface area contributed by atoms with E-state index < -0.39 is 0 Å². The van der Waals surface area contributed by atoms with Crippen molar-refractivity contribution in [2.24, 2.45) is 0 Å². The minimum atomic E-state index is -0.0149. The first-order chi connectivity index (χ1) is 28.7. The number of hydrogen-bond acceptors (Lipinski definition) is 3. The lowest BCUT2D eigenvalue weighted by molar-refractivity contribution is 0.332. The minimum Gasteiger partial charge on any atom is -0.454 e. The molecular formula is C57H61BN2O. The van der Waals surface area contributed by atoms with Crippen LogP contribution in [0.4, 0.5) is 34.1 Å². The molecule has 0 N–H and O–H groups in total. The molecular weight excluding hydrogens is 739 g/mol. The van der Waals surface area contributed by atoms with Crippen LogP contribution in [-0.4, -0.2) is 6.71 Å². The van der Waals surface area contributed by atoms with Crippen molar-refractivity contribution in [3.8, 4) is 0 Å². The van der Waals surface area contributed by atoms with Crippen LogP contribution in [0.2, 0.25) is 0 Å². The summed E-state index contributed by atoms with van der Waals surface area (Å²) in [5.41, 5.74) is 23.6. The Bertz CT molecular complexity index is 3040. The van der Waals surface area contributed by atoms with Crippen molar-refractivity contribution in [1.82, 2.24) is 0 Å². The van der Waals surface area contributed by atoms with E-state index in [1.807, 2.05) is 0 Å². The first kappa shape index (κ1) is 38.7. The number of para-hydroxylation sites is 2. The van der Waals surface area contributed by atoms with Gasteiger partial charge in [0.25, 0.3) is 6.71 Å². The minimum absolute atomic E-state index is 0.0149. The molecule has 4 heteroatoms. The molecule has 0 fully saturated rings. The smallest absolute Gasteiger partial charge is 0.252 e. The molecule has 0 bridgehead atoms. The maximum Gasteiger partial charge on any atom is 0.252 e. The summed E-state index contributed by atoms with van der Waals surface area (Å²) in [6, 6.07) is 38.0. The van der Waals surface area contributed by atoms with Gasteiger partial charge in [0.2, 0.25) is 0 Å². The summed E-state index contributed by atoms with van der Waals surface area (Å²) < 4.78 is 6.92. The van der Waals surface area contributed by atoms with Crippen molar-refractivity contribution in [1.29, 1.82) is 0 Å². The van der Waals surface area contributed by atoms with Crippen molar-refractivity contribution in [2.75, 3.05) is 9.80 Å². The van der Waals surface area contributed by atoms with Gasteiger partial charge in [-0.1, -0.05) is 131 Å². The van der Waals surface area contributed by atoms with Crippen LogP contribution in [0, 0.1) is 13.8 Å². The number of nitrogens with zero attached hydrogens (tertiary/aromatic N) is 2. The Morgan fingerprint density at radius 3 is 1.79 bits per heavy atom. The van der Waals surface area contributed by atoms with E-state index in [0.29, 0.717) is 0 Å². The molecule has 3 nitrogen and oxygen atoms in total. The Labute approximate surface area is 364 Å². The molecule has 2 aliphatic carbocycles. The van der Waals surface area contributed by atoms with Crippen LogP contribution in [0.15, 0.2) is 101 Å². The normalized spacial score (nSPS) is 18.8. The van der Waals surface area contributed by atoms with Crippen LogP contribution in [-0.2, 0) is 27.1 Å². The third-order valence-corrected chi connectivity index (χ3v) is 15.6. The van der Waals surface area contributed by atoms with Gasteiger partial charge in [0.15, 0.2) is 5.58 Å². The van der Waals surface area contributed by atoms with E-state index in [0.717, 1.165) is 40.5 Å². The van der Waals surface area contributed by atoms with Gasteiger partial charge in [0.05, 0.1) is 5.69 Å². The number of fused-ring (bicyclic) bond motifs is 9. The average Bonchev–Trinajstić information content (AvgIpc) is 3.65. The van der Waals surface area contributed by atoms with E-state index in [1.54, 1.807) is 0 Å². The maximum atomic E-state index is 6.92. The summed E-state index contributed by atoms with van der Waals surface area (Å²) >= 11 is 0. The summed E-state index contributed by atoms with van der Waals surface area (Å²) in [5, 5.41) is 2.31.